The lowest BCUT2D eigenvalue weighted by molar-refractivity contribution is -0.127. The van der Waals surface area contributed by atoms with Gasteiger partial charge in [-0.3, -0.25) is 13.9 Å². The van der Waals surface area contributed by atoms with E-state index in [-0.39, 0.29) is 30.6 Å². The fourth-order valence-corrected chi connectivity index (χ4v) is 5.37. The second kappa shape index (κ2) is 8.74. The second-order valence-electron chi connectivity index (χ2n) is 8.11. The van der Waals surface area contributed by atoms with Crippen LogP contribution in [0.3, 0.4) is 0 Å². The van der Waals surface area contributed by atoms with Gasteiger partial charge in [0.05, 0.1) is 30.3 Å². The summed E-state index contributed by atoms with van der Waals surface area (Å²) in [6, 6.07) is 9.02. The first-order chi connectivity index (χ1) is 14.9. The number of carbonyl (C=O) groups excluding carboxylic acids is 2. The van der Waals surface area contributed by atoms with E-state index < -0.39 is 22.0 Å². The number of carbonyl (C=O) groups is 2. The lowest BCUT2D eigenvalue weighted by Gasteiger charge is -2.31. The zero-order valence-corrected chi connectivity index (χ0v) is 18.3. The first-order valence-electron chi connectivity index (χ1n) is 10.6. The van der Waals surface area contributed by atoms with Crippen LogP contribution in [0.1, 0.15) is 54.3 Å². The third-order valence-corrected chi connectivity index (χ3v) is 7.11. The molecule has 31 heavy (non-hydrogen) atoms. The van der Waals surface area contributed by atoms with Crippen LogP contribution in [0.15, 0.2) is 47.1 Å². The number of amides is 2. The standard InChI is InChI=1S/C22H27N3O5S/c1-31(28,29)25-14-13-24(22(27)17-10-5-6-11-18(17)25)20(19-12-7-15-30-19)21(26)23-16-8-3-2-4-9-16/h5-7,10-12,15-16,20H,2-4,8-9,13-14H2,1H3,(H,23,26). The van der Waals surface area contributed by atoms with Gasteiger partial charge in [-0.05, 0) is 37.1 Å². The summed E-state index contributed by atoms with van der Waals surface area (Å²) in [6.07, 6.45) is 7.70. The number of anilines is 1. The minimum Gasteiger partial charge on any atom is -0.467 e. The number of furan rings is 1. The van der Waals surface area contributed by atoms with E-state index in [1.165, 1.54) is 15.5 Å². The van der Waals surface area contributed by atoms with Gasteiger partial charge in [0.2, 0.25) is 10.0 Å². The lowest BCUT2D eigenvalue weighted by Crippen LogP contribution is -2.48. The highest BCUT2D eigenvalue weighted by molar-refractivity contribution is 7.92. The number of rotatable bonds is 5. The van der Waals surface area contributed by atoms with Crippen molar-refractivity contribution in [3.63, 3.8) is 0 Å². The molecule has 1 unspecified atom stereocenters. The van der Waals surface area contributed by atoms with Crippen molar-refractivity contribution in [2.45, 2.75) is 44.2 Å². The largest absolute Gasteiger partial charge is 0.467 e. The molecule has 1 fully saturated rings. The van der Waals surface area contributed by atoms with Crippen LogP contribution in [0.25, 0.3) is 0 Å². The molecule has 0 bridgehead atoms. The molecule has 1 aliphatic carbocycles. The molecule has 8 nitrogen and oxygen atoms in total. The van der Waals surface area contributed by atoms with Crippen molar-refractivity contribution >= 4 is 27.5 Å². The van der Waals surface area contributed by atoms with Crippen LogP contribution in [-0.4, -0.2) is 50.5 Å². The minimum atomic E-state index is -3.60. The summed E-state index contributed by atoms with van der Waals surface area (Å²) in [5.41, 5.74) is 0.566. The molecule has 166 valence electrons. The van der Waals surface area contributed by atoms with E-state index in [0.717, 1.165) is 38.4 Å². The number of nitrogens with one attached hydrogen (secondary N) is 1. The maximum absolute atomic E-state index is 13.5. The van der Waals surface area contributed by atoms with Crippen LogP contribution in [0.2, 0.25) is 0 Å². The van der Waals surface area contributed by atoms with Gasteiger partial charge in [-0.25, -0.2) is 8.42 Å². The van der Waals surface area contributed by atoms with E-state index in [2.05, 4.69) is 5.32 Å². The van der Waals surface area contributed by atoms with Gasteiger partial charge in [0.1, 0.15) is 5.76 Å². The molecule has 0 saturated heterocycles. The molecule has 2 heterocycles. The van der Waals surface area contributed by atoms with Gasteiger partial charge in [-0.2, -0.15) is 0 Å². The van der Waals surface area contributed by atoms with Gasteiger partial charge >= 0.3 is 0 Å². The van der Waals surface area contributed by atoms with Crippen molar-refractivity contribution in [1.29, 1.82) is 0 Å². The molecule has 0 spiro atoms. The summed E-state index contributed by atoms with van der Waals surface area (Å²) in [7, 11) is -3.60. The average Bonchev–Trinajstić information content (AvgIpc) is 3.22. The van der Waals surface area contributed by atoms with E-state index in [1.54, 1.807) is 36.4 Å². The summed E-state index contributed by atoms with van der Waals surface area (Å²) >= 11 is 0. The van der Waals surface area contributed by atoms with Crippen LogP contribution in [-0.2, 0) is 14.8 Å². The number of benzene rings is 1. The van der Waals surface area contributed by atoms with Crippen molar-refractivity contribution in [2.75, 3.05) is 23.7 Å². The molecule has 4 rings (SSSR count). The SMILES string of the molecule is CS(=O)(=O)N1CCN(C(C(=O)NC2CCCCC2)c2ccco2)C(=O)c2ccccc21. The smallest absolute Gasteiger partial charge is 0.257 e. The fourth-order valence-electron chi connectivity index (χ4n) is 4.44. The fraction of sp³-hybridized carbons (Fsp3) is 0.455. The van der Waals surface area contributed by atoms with Crippen LogP contribution in [0.5, 0.6) is 0 Å². The Balaban J connectivity index is 1.70. The predicted molar refractivity (Wildman–Crippen MR) is 116 cm³/mol. The highest BCUT2D eigenvalue weighted by Crippen LogP contribution is 2.32. The predicted octanol–water partition coefficient (Wildman–Crippen LogP) is 2.69. The third-order valence-electron chi connectivity index (χ3n) is 5.93. The molecule has 1 atom stereocenters. The van der Waals surface area contributed by atoms with Crippen molar-refractivity contribution in [2.24, 2.45) is 0 Å². The van der Waals surface area contributed by atoms with Crippen molar-refractivity contribution in [3.8, 4) is 0 Å². The quantitative estimate of drug-likeness (QED) is 0.763. The number of hydrogen-bond acceptors (Lipinski definition) is 5. The van der Waals surface area contributed by atoms with Crippen molar-refractivity contribution < 1.29 is 22.4 Å². The molecule has 2 aromatic rings. The molecule has 0 radical (unpaired) electrons. The third kappa shape index (κ3) is 4.46. The number of sulfonamides is 1. The Morgan fingerprint density at radius 1 is 1.10 bits per heavy atom. The van der Waals surface area contributed by atoms with Gasteiger partial charge in [0, 0.05) is 12.6 Å². The maximum atomic E-state index is 13.5. The highest BCUT2D eigenvalue weighted by atomic mass is 32.2. The summed E-state index contributed by atoms with van der Waals surface area (Å²) < 4.78 is 31.6. The van der Waals surface area contributed by atoms with Gasteiger partial charge in [0.15, 0.2) is 6.04 Å². The zero-order valence-electron chi connectivity index (χ0n) is 17.5. The first kappa shape index (κ1) is 21.4. The van der Waals surface area contributed by atoms with E-state index in [0.29, 0.717) is 11.4 Å². The summed E-state index contributed by atoms with van der Waals surface area (Å²) in [5, 5.41) is 3.09. The Labute approximate surface area is 182 Å². The van der Waals surface area contributed by atoms with E-state index in [1.807, 2.05) is 0 Å². The molecule has 1 aliphatic heterocycles. The van der Waals surface area contributed by atoms with Crippen LogP contribution in [0.4, 0.5) is 5.69 Å². The summed E-state index contributed by atoms with van der Waals surface area (Å²) in [4.78, 5) is 28.3. The molecule has 2 amide bonds. The van der Waals surface area contributed by atoms with Gasteiger partial charge < -0.3 is 14.6 Å². The van der Waals surface area contributed by atoms with Crippen molar-refractivity contribution in [3.05, 3.63) is 54.0 Å². The van der Waals surface area contributed by atoms with E-state index >= 15 is 0 Å². The minimum absolute atomic E-state index is 0.0511. The van der Waals surface area contributed by atoms with Crippen LogP contribution >= 0.6 is 0 Å². The van der Waals surface area contributed by atoms with E-state index in [4.69, 9.17) is 4.42 Å². The van der Waals surface area contributed by atoms with Gasteiger partial charge in [0.25, 0.3) is 11.8 Å². The monoisotopic (exact) mass is 445 g/mol. The zero-order chi connectivity index (χ0) is 22.0. The normalized spacial score (nSPS) is 18.9. The number of para-hydroxylation sites is 1. The Hall–Kier alpha value is -2.81. The molecule has 1 aromatic carbocycles. The Bertz CT molecular complexity index is 1040. The molecule has 2 aliphatic rings. The summed E-state index contributed by atoms with van der Waals surface area (Å²) in [5.74, 6) is -0.352. The number of nitrogens with zero attached hydrogens (tertiary/aromatic N) is 2. The Morgan fingerprint density at radius 2 is 1.84 bits per heavy atom. The second-order valence-corrected chi connectivity index (χ2v) is 10.0. The van der Waals surface area contributed by atoms with Crippen molar-refractivity contribution in [1.82, 2.24) is 10.2 Å². The lowest BCUT2D eigenvalue weighted by atomic mass is 9.95. The molecule has 1 saturated carbocycles. The molecule has 1 aromatic heterocycles. The molecular formula is C22H27N3O5S. The van der Waals surface area contributed by atoms with Crippen LogP contribution in [0, 0.1) is 0 Å². The number of fused-ring (bicyclic) bond motifs is 1. The first-order valence-corrected chi connectivity index (χ1v) is 12.4. The summed E-state index contributed by atoms with van der Waals surface area (Å²) in [6.45, 7) is 0.111. The Kier molecular flexibility index (Phi) is 6.04. The maximum Gasteiger partial charge on any atom is 0.257 e. The molecule has 9 heteroatoms. The Morgan fingerprint density at radius 3 is 2.52 bits per heavy atom. The van der Waals surface area contributed by atoms with Crippen LogP contribution < -0.4 is 9.62 Å². The number of hydrogen-bond donors (Lipinski definition) is 1. The van der Waals surface area contributed by atoms with Gasteiger partial charge in [-0.1, -0.05) is 31.4 Å². The molecular weight excluding hydrogens is 418 g/mol. The van der Waals surface area contributed by atoms with E-state index in [9.17, 15) is 18.0 Å². The highest BCUT2D eigenvalue weighted by Gasteiger charge is 2.39. The molecule has 1 N–H and O–H groups in total. The average molecular weight is 446 g/mol. The topological polar surface area (TPSA) is 99.9 Å². The van der Waals surface area contributed by atoms with Gasteiger partial charge in [-0.15, -0.1) is 0 Å².